The molecule has 2 aromatic carbocycles. The zero-order valence-electron chi connectivity index (χ0n) is 15.4. The van der Waals surface area contributed by atoms with Gasteiger partial charge in [0.25, 0.3) is 5.91 Å². The number of halogens is 1. The Balaban J connectivity index is 1.74. The minimum atomic E-state index is -0.411. The topological polar surface area (TPSA) is 55.8 Å². The van der Waals surface area contributed by atoms with Crippen LogP contribution in [0.4, 0.5) is 4.39 Å². The second-order valence-corrected chi connectivity index (χ2v) is 6.58. The zero-order chi connectivity index (χ0) is 19.4. The molecular formula is C21H22FNO4. The molecule has 1 fully saturated rings. The lowest BCUT2D eigenvalue weighted by Crippen LogP contribution is -2.40. The molecule has 0 unspecified atom stereocenters. The third-order valence-electron chi connectivity index (χ3n) is 4.52. The summed E-state index contributed by atoms with van der Waals surface area (Å²) < 4.78 is 25.1. The van der Waals surface area contributed by atoms with Crippen molar-refractivity contribution < 1.29 is 23.5 Å². The first kappa shape index (κ1) is 19.2. The molecule has 0 spiro atoms. The third kappa shape index (κ3) is 4.59. The number of amides is 1. The van der Waals surface area contributed by atoms with E-state index in [-0.39, 0.29) is 17.8 Å². The number of hydrogen-bond donors (Lipinski definition) is 0. The van der Waals surface area contributed by atoms with Crippen LogP contribution < -0.4 is 0 Å². The highest BCUT2D eigenvalue weighted by atomic mass is 19.1. The summed E-state index contributed by atoms with van der Waals surface area (Å²) in [5, 5.41) is 0. The van der Waals surface area contributed by atoms with E-state index in [1.165, 1.54) is 25.1 Å². The molecular weight excluding hydrogens is 349 g/mol. The molecule has 142 valence electrons. The van der Waals surface area contributed by atoms with Crippen LogP contribution in [0.2, 0.25) is 0 Å². The molecule has 0 saturated carbocycles. The summed E-state index contributed by atoms with van der Waals surface area (Å²) in [5.41, 5.74) is 1.89. The van der Waals surface area contributed by atoms with Crippen LogP contribution in [0.3, 0.4) is 0 Å². The molecule has 0 N–H and O–H groups in total. The van der Waals surface area contributed by atoms with Crippen molar-refractivity contribution in [3.8, 4) is 11.1 Å². The number of hydrogen-bond acceptors (Lipinski definition) is 4. The van der Waals surface area contributed by atoms with Gasteiger partial charge in [-0.3, -0.25) is 9.59 Å². The molecule has 1 saturated heterocycles. The molecule has 1 amide bonds. The van der Waals surface area contributed by atoms with Gasteiger partial charge in [0.15, 0.2) is 5.78 Å². The highest BCUT2D eigenvalue weighted by Crippen LogP contribution is 2.25. The van der Waals surface area contributed by atoms with Gasteiger partial charge in [-0.2, -0.15) is 0 Å². The number of ether oxygens (including phenoxy) is 2. The van der Waals surface area contributed by atoms with E-state index in [0.29, 0.717) is 48.6 Å². The van der Waals surface area contributed by atoms with Gasteiger partial charge in [-0.1, -0.05) is 12.1 Å². The minimum absolute atomic E-state index is 0.126. The van der Waals surface area contributed by atoms with Crippen molar-refractivity contribution in [1.82, 2.24) is 4.90 Å². The van der Waals surface area contributed by atoms with Gasteiger partial charge in [-0.05, 0) is 42.8 Å². The molecule has 0 aliphatic carbocycles. The van der Waals surface area contributed by atoms with Crippen LogP contribution in [0.25, 0.3) is 11.1 Å². The molecule has 6 heteroatoms. The number of ketones is 1. The monoisotopic (exact) mass is 371 g/mol. The van der Waals surface area contributed by atoms with Gasteiger partial charge in [0.2, 0.25) is 0 Å². The summed E-state index contributed by atoms with van der Waals surface area (Å²) in [6, 6.07) is 11.0. The van der Waals surface area contributed by atoms with Crippen molar-refractivity contribution in [2.45, 2.75) is 13.0 Å². The number of Topliss-reactive ketones (excluding diaryl/α,β-unsaturated/α-hetero) is 1. The Hall–Kier alpha value is -2.57. The predicted molar refractivity (Wildman–Crippen MR) is 99.4 cm³/mol. The van der Waals surface area contributed by atoms with Crippen LogP contribution in [0.15, 0.2) is 42.5 Å². The van der Waals surface area contributed by atoms with Crippen molar-refractivity contribution >= 4 is 11.7 Å². The van der Waals surface area contributed by atoms with Crippen LogP contribution in [0, 0.1) is 5.82 Å². The van der Waals surface area contributed by atoms with Gasteiger partial charge in [0, 0.05) is 30.3 Å². The smallest absolute Gasteiger partial charge is 0.253 e. The minimum Gasteiger partial charge on any atom is -0.376 e. The number of carbonyl (C=O) groups is 2. The highest BCUT2D eigenvalue weighted by Gasteiger charge is 2.20. The Labute approximate surface area is 157 Å². The average molecular weight is 371 g/mol. The normalized spacial score (nSPS) is 16.8. The zero-order valence-corrected chi connectivity index (χ0v) is 15.4. The summed E-state index contributed by atoms with van der Waals surface area (Å²) in [7, 11) is 1.71. The number of carbonyl (C=O) groups excluding carboxylic acids is 2. The largest absolute Gasteiger partial charge is 0.376 e. The molecule has 0 aromatic heterocycles. The van der Waals surface area contributed by atoms with Gasteiger partial charge in [0.1, 0.15) is 5.82 Å². The van der Waals surface area contributed by atoms with E-state index in [1.807, 2.05) is 0 Å². The fraction of sp³-hybridized carbons (Fsp3) is 0.333. The van der Waals surface area contributed by atoms with E-state index < -0.39 is 5.82 Å². The molecule has 1 atom stereocenters. The third-order valence-corrected chi connectivity index (χ3v) is 4.52. The number of nitrogens with zero attached hydrogens (tertiary/aromatic N) is 1. The average Bonchev–Trinajstić information content (AvgIpc) is 2.68. The van der Waals surface area contributed by atoms with E-state index >= 15 is 0 Å². The standard InChI is InChI=1S/C21H22FNO4/c1-14(24)17-7-8-20(22)19(11-17)15-3-5-16(6-4-15)21(25)23(2)12-18-13-26-9-10-27-18/h3-8,11,18H,9-10,12-13H2,1-2H3/t18-/m1/s1. The Morgan fingerprint density at radius 1 is 1.11 bits per heavy atom. The molecule has 1 aliphatic rings. The molecule has 0 radical (unpaired) electrons. The van der Waals surface area contributed by atoms with Gasteiger partial charge in [-0.15, -0.1) is 0 Å². The number of benzene rings is 2. The number of likely N-dealkylation sites (N-methyl/N-ethyl adjacent to an activating group) is 1. The summed E-state index contributed by atoms with van der Waals surface area (Å²) >= 11 is 0. The second kappa shape index (κ2) is 8.41. The second-order valence-electron chi connectivity index (χ2n) is 6.58. The van der Waals surface area contributed by atoms with Crippen LogP contribution in [-0.2, 0) is 9.47 Å². The molecule has 1 aliphatic heterocycles. The van der Waals surface area contributed by atoms with Gasteiger partial charge in [-0.25, -0.2) is 4.39 Å². The maximum absolute atomic E-state index is 14.2. The predicted octanol–water partition coefficient (Wildman–Crippen LogP) is 3.18. The SMILES string of the molecule is CC(=O)c1ccc(F)c(-c2ccc(C(=O)N(C)C[C@@H]3COCCO3)cc2)c1. The molecule has 2 aromatic rings. The van der Waals surface area contributed by atoms with Crippen molar-refractivity contribution in [2.75, 3.05) is 33.4 Å². The van der Waals surface area contributed by atoms with Crippen molar-refractivity contribution in [3.63, 3.8) is 0 Å². The lowest BCUT2D eigenvalue weighted by atomic mass is 9.99. The van der Waals surface area contributed by atoms with Crippen molar-refractivity contribution in [3.05, 3.63) is 59.4 Å². The Kier molecular flexibility index (Phi) is 5.98. The van der Waals surface area contributed by atoms with Crippen LogP contribution >= 0.6 is 0 Å². The molecule has 3 rings (SSSR count). The van der Waals surface area contributed by atoms with Crippen LogP contribution in [0.1, 0.15) is 27.6 Å². The van der Waals surface area contributed by atoms with Crippen LogP contribution in [0.5, 0.6) is 0 Å². The van der Waals surface area contributed by atoms with Crippen LogP contribution in [-0.4, -0.2) is 56.1 Å². The summed E-state index contributed by atoms with van der Waals surface area (Å²) in [4.78, 5) is 25.7. The lowest BCUT2D eigenvalue weighted by Gasteiger charge is -2.27. The molecule has 0 bridgehead atoms. The summed E-state index contributed by atoms with van der Waals surface area (Å²) in [5.74, 6) is -0.682. The van der Waals surface area contributed by atoms with Crippen molar-refractivity contribution in [1.29, 1.82) is 0 Å². The van der Waals surface area contributed by atoms with E-state index in [4.69, 9.17) is 9.47 Å². The van der Waals surface area contributed by atoms with Gasteiger partial charge >= 0.3 is 0 Å². The molecule has 5 nitrogen and oxygen atoms in total. The Bertz CT molecular complexity index is 829. The first-order valence-electron chi connectivity index (χ1n) is 8.81. The fourth-order valence-corrected chi connectivity index (χ4v) is 3.01. The lowest BCUT2D eigenvalue weighted by molar-refractivity contribution is -0.0933. The van der Waals surface area contributed by atoms with Gasteiger partial charge in [0.05, 0.1) is 25.9 Å². The van der Waals surface area contributed by atoms with Crippen molar-refractivity contribution in [2.24, 2.45) is 0 Å². The number of rotatable bonds is 5. The highest BCUT2D eigenvalue weighted by molar-refractivity contribution is 5.96. The Morgan fingerprint density at radius 3 is 2.44 bits per heavy atom. The Morgan fingerprint density at radius 2 is 1.81 bits per heavy atom. The van der Waals surface area contributed by atoms with E-state index in [2.05, 4.69) is 0 Å². The molecule has 1 heterocycles. The van der Waals surface area contributed by atoms with Gasteiger partial charge < -0.3 is 14.4 Å². The summed E-state index contributed by atoms with van der Waals surface area (Å²) in [6.45, 7) is 3.47. The maximum atomic E-state index is 14.2. The summed E-state index contributed by atoms with van der Waals surface area (Å²) in [6.07, 6.45) is -0.129. The van der Waals surface area contributed by atoms with E-state index in [9.17, 15) is 14.0 Å². The maximum Gasteiger partial charge on any atom is 0.253 e. The first-order valence-corrected chi connectivity index (χ1v) is 8.81. The molecule has 27 heavy (non-hydrogen) atoms. The van der Waals surface area contributed by atoms with E-state index in [1.54, 1.807) is 36.2 Å². The fourth-order valence-electron chi connectivity index (χ4n) is 3.01. The van der Waals surface area contributed by atoms with E-state index in [0.717, 1.165) is 0 Å². The quantitative estimate of drug-likeness (QED) is 0.758. The first-order chi connectivity index (χ1) is 13.0.